The summed E-state index contributed by atoms with van der Waals surface area (Å²) in [5.41, 5.74) is 4.78. The lowest BCUT2D eigenvalue weighted by atomic mass is 10.1. The number of nitrogens with two attached hydrogens (primary N) is 1. The molecule has 0 aromatic rings. The predicted molar refractivity (Wildman–Crippen MR) is 53.3 cm³/mol. The molecule has 0 rings (SSSR count). The molecule has 0 amide bonds. The zero-order valence-corrected chi connectivity index (χ0v) is 8.73. The highest BCUT2D eigenvalue weighted by Gasteiger charge is 2.28. The lowest BCUT2D eigenvalue weighted by molar-refractivity contribution is -0.142. The molecule has 0 heterocycles. The van der Waals surface area contributed by atoms with Gasteiger partial charge in [0, 0.05) is 6.54 Å². The smallest absolute Gasteiger partial charge is 0.189 e. The van der Waals surface area contributed by atoms with Crippen LogP contribution in [-0.2, 0) is 4.79 Å². The monoisotopic (exact) mass is 241 g/mol. The standard InChI is InChI=1S/C6H12O6.C2H7NO/c7-1-3(9)5(11)6(12)4(10)2-8;3-1-2-4/h3,5-9,11-12H,1-2H2;4H,1-3H2/t3-,5+,6+;/m1./s1. The number of aliphatic hydroxyl groups is 6. The summed E-state index contributed by atoms with van der Waals surface area (Å²) < 4.78 is 0. The van der Waals surface area contributed by atoms with E-state index in [1.165, 1.54) is 0 Å². The van der Waals surface area contributed by atoms with Gasteiger partial charge in [-0.05, 0) is 0 Å². The molecule has 0 radical (unpaired) electrons. The van der Waals surface area contributed by atoms with E-state index < -0.39 is 37.3 Å². The van der Waals surface area contributed by atoms with E-state index in [1.807, 2.05) is 0 Å². The van der Waals surface area contributed by atoms with Crippen molar-refractivity contribution < 1.29 is 35.4 Å². The molecule has 0 aliphatic rings. The van der Waals surface area contributed by atoms with Gasteiger partial charge in [-0.1, -0.05) is 0 Å². The van der Waals surface area contributed by atoms with Crippen molar-refractivity contribution in [1.29, 1.82) is 0 Å². The molecule has 0 aliphatic carbocycles. The van der Waals surface area contributed by atoms with Crippen LogP contribution in [0, 0.1) is 0 Å². The highest BCUT2D eigenvalue weighted by atomic mass is 16.4. The first-order valence-electron chi connectivity index (χ1n) is 4.55. The fraction of sp³-hybridized carbons (Fsp3) is 0.875. The molecule has 0 spiro atoms. The van der Waals surface area contributed by atoms with Crippen LogP contribution in [0.2, 0.25) is 0 Å². The van der Waals surface area contributed by atoms with Crippen molar-refractivity contribution in [2.45, 2.75) is 18.3 Å². The second-order valence-corrected chi connectivity index (χ2v) is 2.82. The van der Waals surface area contributed by atoms with E-state index in [9.17, 15) is 4.79 Å². The summed E-state index contributed by atoms with van der Waals surface area (Å²) >= 11 is 0. The van der Waals surface area contributed by atoms with Gasteiger partial charge in [-0.25, -0.2) is 0 Å². The molecule has 8 N–H and O–H groups in total. The maximum absolute atomic E-state index is 10.5. The van der Waals surface area contributed by atoms with E-state index >= 15 is 0 Å². The predicted octanol–water partition coefficient (Wildman–Crippen LogP) is -4.44. The first kappa shape index (κ1) is 17.8. The molecular weight excluding hydrogens is 222 g/mol. The summed E-state index contributed by atoms with van der Waals surface area (Å²) in [6.07, 6.45) is -5.22. The van der Waals surface area contributed by atoms with Gasteiger partial charge < -0.3 is 36.4 Å². The normalized spacial score (nSPS) is 15.7. The number of ketones is 1. The highest BCUT2D eigenvalue weighted by molar-refractivity contribution is 5.84. The van der Waals surface area contributed by atoms with Crippen molar-refractivity contribution in [2.75, 3.05) is 26.4 Å². The summed E-state index contributed by atoms with van der Waals surface area (Å²) in [6, 6.07) is 0. The van der Waals surface area contributed by atoms with E-state index in [1.54, 1.807) is 0 Å². The Hall–Kier alpha value is -0.610. The molecule has 0 bridgehead atoms. The molecule has 98 valence electrons. The van der Waals surface area contributed by atoms with Crippen molar-refractivity contribution in [3.63, 3.8) is 0 Å². The number of carbonyl (C=O) groups excluding carboxylic acids is 1. The summed E-state index contributed by atoms with van der Waals surface area (Å²) in [7, 11) is 0. The van der Waals surface area contributed by atoms with Gasteiger partial charge >= 0.3 is 0 Å². The van der Waals surface area contributed by atoms with Crippen molar-refractivity contribution in [3.05, 3.63) is 0 Å². The van der Waals surface area contributed by atoms with E-state index in [-0.39, 0.29) is 6.61 Å². The topological polar surface area (TPSA) is 164 Å². The summed E-state index contributed by atoms with van der Waals surface area (Å²) in [4.78, 5) is 10.5. The van der Waals surface area contributed by atoms with Gasteiger partial charge in [-0.3, -0.25) is 4.79 Å². The maximum atomic E-state index is 10.5. The number of Topliss-reactive ketones (excluding diaryl/α,β-unsaturated/α-hetero) is 1. The van der Waals surface area contributed by atoms with E-state index in [4.69, 9.17) is 36.4 Å². The Morgan fingerprint density at radius 2 is 1.56 bits per heavy atom. The molecule has 8 nitrogen and oxygen atoms in total. The molecule has 0 fully saturated rings. The van der Waals surface area contributed by atoms with Crippen LogP contribution in [0.25, 0.3) is 0 Å². The fourth-order valence-corrected chi connectivity index (χ4v) is 0.602. The van der Waals surface area contributed by atoms with E-state index in [0.717, 1.165) is 0 Å². The van der Waals surface area contributed by atoms with Crippen molar-refractivity contribution >= 4 is 5.78 Å². The van der Waals surface area contributed by atoms with Crippen LogP contribution in [0.4, 0.5) is 0 Å². The zero-order chi connectivity index (χ0) is 13.1. The van der Waals surface area contributed by atoms with Crippen LogP contribution in [0.15, 0.2) is 0 Å². The molecule has 0 saturated carbocycles. The first-order chi connectivity index (χ1) is 7.45. The Labute approximate surface area is 92.6 Å². The van der Waals surface area contributed by atoms with E-state index in [2.05, 4.69) is 0 Å². The third-order valence-electron chi connectivity index (χ3n) is 1.52. The summed E-state index contributed by atoms with van der Waals surface area (Å²) in [5, 5.41) is 50.8. The van der Waals surface area contributed by atoms with Crippen LogP contribution >= 0.6 is 0 Å². The van der Waals surface area contributed by atoms with Gasteiger partial charge in [0.25, 0.3) is 0 Å². The van der Waals surface area contributed by atoms with Gasteiger partial charge in [-0.15, -0.1) is 0 Å². The molecular formula is C8H19NO7. The molecule has 0 saturated heterocycles. The van der Waals surface area contributed by atoms with Crippen LogP contribution in [0.3, 0.4) is 0 Å². The molecule has 0 aromatic heterocycles. The summed E-state index contributed by atoms with van der Waals surface area (Å²) in [6.45, 7) is -1.21. The Morgan fingerprint density at radius 1 is 1.12 bits per heavy atom. The van der Waals surface area contributed by atoms with Crippen molar-refractivity contribution in [2.24, 2.45) is 5.73 Å². The van der Waals surface area contributed by atoms with Crippen molar-refractivity contribution in [1.82, 2.24) is 0 Å². The van der Waals surface area contributed by atoms with Crippen LogP contribution < -0.4 is 5.73 Å². The molecule has 0 aromatic carbocycles. The number of carbonyl (C=O) groups is 1. The van der Waals surface area contributed by atoms with Crippen LogP contribution in [0.5, 0.6) is 0 Å². The lowest BCUT2D eigenvalue weighted by Crippen LogP contribution is -2.44. The lowest BCUT2D eigenvalue weighted by Gasteiger charge is -2.19. The Bertz CT molecular complexity index is 176. The van der Waals surface area contributed by atoms with Crippen LogP contribution in [-0.4, -0.2) is 81.1 Å². The average molecular weight is 241 g/mol. The average Bonchev–Trinajstić information content (AvgIpc) is 2.34. The Balaban J connectivity index is 0. The highest BCUT2D eigenvalue weighted by Crippen LogP contribution is 2.00. The van der Waals surface area contributed by atoms with Crippen LogP contribution in [0.1, 0.15) is 0 Å². The Kier molecular flexibility index (Phi) is 12.1. The molecule has 0 unspecified atom stereocenters. The fourth-order valence-electron chi connectivity index (χ4n) is 0.602. The second kappa shape index (κ2) is 10.9. The van der Waals surface area contributed by atoms with Crippen molar-refractivity contribution in [3.8, 4) is 0 Å². The minimum absolute atomic E-state index is 0.0972. The quantitative estimate of drug-likeness (QED) is 0.245. The van der Waals surface area contributed by atoms with Gasteiger partial charge in [0.15, 0.2) is 5.78 Å². The summed E-state index contributed by atoms with van der Waals surface area (Å²) in [5.74, 6) is -1.00. The van der Waals surface area contributed by atoms with Gasteiger partial charge in [0.2, 0.25) is 0 Å². The molecule has 16 heavy (non-hydrogen) atoms. The van der Waals surface area contributed by atoms with Gasteiger partial charge in [0.05, 0.1) is 13.2 Å². The number of hydrogen-bond donors (Lipinski definition) is 7. The van der Waals surface area contributed by atoms with Gasteiger partial charge in [-0.2, -0.15) is 0 Å². The maximum Gasteiger partial charge on any atom is 0.189 e. The Morgan fingerprint density at radius 3 is 1.81 bits per heavy atom. The number of aliphatic hydroxyl groups excluding tert-OH is 6. The minimum atomic E-state index is -1.86. The number of rotatable bonds is 6. The first-order valence-corrected chi connectivity index (χ1v) is 4.55. The van der Waals surface area contributed by atoms with E-state index in [0.29, 0.717) is 6.54 Å². The largest absolute Gasteiger partial charge is 0.395 e. The molecule has 0 aliphatic heterocycles. The molecule has 3 atom stereocenters. The minimum Gasteiger partial charge on any atom is -0.395 e. The van der Waals surface area contributed by atoms with Gasteiger partial charge in [0.1, 0.15) is 24.9 Å². The third kappa shape index (κ3) is 7.65. The molecule has 8 heteroatoms. The second-order valence-electron chi connectivity index (χ2n) is 2.82. The number of hydrogen-bond acceptors (Lipinski definition) is 8. The third-order valence-corrected chi connectivity index (χ3v) is 1.52. The zero-order valence-electron chi connectivity index (χ0n) is 8.73. The SMILES string of the molecule is NCCO.O=C(CO)[C@H](O)[C@@H](O)[C@H](O)CO.